The van der Waals surface area contributed by atoms with E-state index in [0.717, 1.165) is 19.3 Å². The summed E-state index contributed by atoms with van der Waals surface area (Å²) in [5, 5.41) is 0. The van der Waals surface area contributed by atoms with Gasteiger partial charge in [0.25, 0.3) is 0 Å². The number of fused-ring (bicyclic) bond motifs is 2. The van der Waals surface area contributed by atoms with Crippen LogP contribution in [0.1, 0.15) is 43.2 Å². The first-order valence-electron chi connectivity index (χ1n) is 8.12. The van der Waals surface area contributed by atoms with Crippen molar-refractivity contribution in [1.29, 1.82) is 0 Å². The van der Waals surface area contributed by atoms with Crippen LogP contribution in [0.5, 0.6) is 0 Å². The van der Waals surface area contributed by atoms with Crippen molar-refractivity contribution in [2.45, 2.75) is 41.9 Å². The third kappa shape index (κ3) is 2.30. The minimum absolute atomic E-state index is 0.145. The Balaban J connectivity index is 1.85. The summed E-state index contributed by atoms with van der Waals surface area (Å²) >= 11 is 1.84. The van der Waals surface area contributed by atoms with E-state index in [4.69, 9.17) is 0 Å². The minimum Gasteiger partial charge on any atom is -0.299 e. The Kier molecular flexibility index (Phi) is 3.57. The van der Waals surface area contributed by atoms with Crippen LogP contribution in [0.3, 0.4) is 0 Å². The third-order valence-corrected chi connectivity index (χ3v) is 6.27. The average molecular weight is 308 g/mol. The Labute approximate surface area is 136 Å². The number of carbonyl (C=O) groups excluding carboxylic acids is 1. The fourth-order valence-electron chi connectivity index (χ4n) is 3.96. The highest BCUT2D eigenvalue weighted by atomic mass is 32.2. The Morgan fingerprint density at radius 3 is 2.18 bits per heavy atom. The highest BCUT2D eigenvalue weighted by Gasteiger charge is 2.38. The molecule has 2 atom stereocenters. The van der Waals surface area contributed by atoms with Gasteiger partial charge in [0.05, 0.1) is 0 Å². The van der Waals surface area contributed by atoms with Crippen molar-refractivity contribution in [1.82, 2.24) is 0 Å². The normalized spacial score (nSPS) is 24.7. The van der Waals surface area contributed by atoms with Crippen LogP contribution in [-0.4, -0.2) is 5.78 Å². The van der Waals surface area contributed by atoms with Crippen molar-refractivity contribution in [3.8, 4) is 0 Å². The van der Waals surface area contributed by atoms with Gasteiger partial charge in [-0.3, -0.25) is 4.79 Å². The van der Waals surface area contributed by atoms with Gasteiger partial charge in [0.2, 0.25) is 0 Å². The molecule has 112 valence electrons. The predicted octanol–water partition coefficient (Wildman–Crippen LogP) is 5.29. The molecule has 22 heavy (non-hydrogen) atoms. The molecule has 2 aliphatic rings. The van der Waals surface area contributed by atoms with Crippen molar-refractivity contribution >= 4 is 17.5 Å². The molecule has 2 aromatic carbocycles. The quantitative estimate of drug-likeness (QED) is 0.712. The molecule has 0 radical (unpaired) electrons. The van der Waals surface area contributed by atoms with Crippen molar-refractivity contribution in [3.05, 3.63) is 59.7 Å². The van der Waals surface area contributed by atoms with Gasteiger partial charge in [0, 0.05) is 28.0 Å². The van der Waals surface area contributed by atoms with E-state index in [9.17, 15) is 4.79 Å². The Bertz CT molecular complexity index is 676. The summed E-state index contributed by atoms with van der Waals surface area (Å²) < 4.78 is 0. The van der Waals surface area contributed by atoms with Crippen LogP contribution in [0.4, 0.5) is 0 Å². The van der Waals surface area contributed by atoms with Gasteiger partial charge in [0.15, 0.2) is 0 Å². The molecule has 1 fully saturated rings. The zero-order valence-corrected chi connectivity index (χ0v) is 13.6. The minimum atomic E-state index is 0.145. The van der Waals surface area contributed by atoms with E-state index in [1.807, 2.05) is 11.8 Å². The molecule has 1 heterocycles. The lowest BCUT2D eigenvalue weighted by Crippen LogP contribution is -2.31. The maximum atomic E-state index is 12.7. The van der Waals surface area contributed by atoms with Crippen molar-refractivity contribution in [3.63, 3.8) is 0 Å². The molecule has 0 amide bonds. The molecule has 2 heteroatoms. The van der Waals surface area contributed by atoms with Gasteiger partial charge < -0.3 is 0 Å². The van der Waals surface area contributed by atoms with Gasteiger partial charge in [-0.1, -0.05) is 55.1 Å². The maximum Gasteiger partial charge on any atom is 0.136 e. The molecule has 2 aromatic rings. The molecular weight excluding hydrogens is 288 g/mol. The molecule has 0 aromatic heterocycles. The molecule has 1 aliphatic carbocycles. The molecule has 1 nitrogen and oxygen atoms in total. The maximum absolute atomic E-state index is 12.7. The number of benzene rings is 2. The lowest BCUT2D eigenvalue weighted by Gasteiger charge is -2.36. The van der Waals surface area contributed by atoms with Crippen LogP contribution in [0.2, 0.25) is 0 Å². The second-order valence-corrected chi connectivity index (χ2v) is 7.69. The summed E-state index contributed by atoms with van der Waals surface area (Å²) in [6, 6.07) is 17.2. The fourth-order valence-corrected chi connectivity index (χ4v) is 5.11. The van der Waals surface area contributed by atoms with Crippen LogP contribution >= 0.6 is 11.8 Å². The average Bonchev–Trinajstić information content (AvgIpc) is 2.55. The first-order valence-corrected chi connectivity index (χ1v) is 8.94. The molecule has 0 saturated heterocycles. The van der Waals surface area contributed by atoms with E-state index < -0.39 is 0 Å². The van der Waals surface area contributed by atoms with E-state index in [1.54, 1.807) is 0 Å². The lowest BCUT2D eigenvalue weighted by molar-refractivity contribution is -0.126. The first-order chi connectivity index (χ1) is 10.7. The summed E-state index contributed by atoms with van der Waals surface area (Å²) in [4.78, 5) is 15.3. The van der Waals surface area contributed by atoms with Crippen molar-refractivity contribution < 1.29 is 4.79 Å². The first kappa shape index (κ1) is 14.1. The van der Waals surface area contributed by atoms with Gasteiger partial charge in [-0.15, -0.1) is 0 Å². The summed E-state index contributed by atoms with van der Waals surface area (Å²) in [6.07, 6.45) is 2.83. The SMILES string of the molecule is C[C@@H]1CCC(=O)[C@@H](C2c3ccccc3Sc3ccccc32)C1. The summed E-state index contributed by atoms with van der Waals surface area (Å²) in [5.41, 5.74) is 2.69. The monoisotopic (exact) mass is 308 g/mol. The number of hydrogen-bond acceptors (Lipinski definition) is 2. The standard InChI is InChI=1S/C20H20OS/c1-13-10-11-17(21)16(12-13)20-14-6-2-4-8-18(14)22-19-9-5-3-7-15(19)20/h2-9,13,16,20H,10-12H2,1H3/t13-,16+/m1/s1. The largest absolute Gasteiger partial charge is 0.299 e. The fraction of sp³-hybridized carbons (Fsp3) is 0.350. The smallest absolute Gasteiger partial charge is 0.136 e. The van der Waals surface area contributed by atoms with Crippen LogP contribution in [0.25, 0.3) is 0 Å². The van der Waals surface area contributed by atoms with Gasteiger partial charge in [-0.25, -0.2) is 0 Å². The van der Waals surface area contributed by atoms with Gasteiger partial charge >= 0.3 is 0 Å². The molecule has 1 aliphatic heterocycles. The third-order valence-electron chi connectivity index (χ3n) is 5.08. The number of rotatable bonds is 1. The van der Waals surface area contributed by atoms with Crippen LogP contribution < -0.4 is 0 Å². The van der Waals surface area contributed by atoms with E-state index >= 15 is 0 Å². The van der Waals surface area contributed by atoms with E-state index in [0.29, 0.717) is 11.7 Å². The van der Waals surface area contributed by atoms with Crippen LogP contribution in [0.15, 0.2) is 58.3 Å². The second kappa shape index (κ2) is 5.58. The Morgan fingerprint density at radius 1 is 0.955 bits per heavy atom. The Hall–Kier alpha value is -1.54. The number of carbonyl (C=O) groups is 1. The zero-order valence-electron chi connectivity index (χ0n) is 12.8. The summed E-state index contributed by atoms with van der Waals surface area (Å²) in [6.45, 7) is 2.29. The second-order valence-electron chi connectivity index (χ2n) is 6.61. The molecule has 0 bridgehead atoms. The van der Waals surface area contributed by atoms with Gasteiger partial charge in [-0.2, -0.15) is 0 Å². The predicted molar refractivity (Wildman–Crippen MR) is 90.4 cm³/mol. The molecule has 1 saturated carbocycles. The zero-order chi connectivity index (χ0) is 15.1. The van der Waals surface area contributed by atoms with Crippen molar-refractivity contribution in [2.75, 3.05) is 0 Å². The molecule has 4 rings (SSSR count). The Morgan fingerprint density at radius 2 is 1.55 bits per heavy atom. The molecular formula is C20H20OS. The van der Waals surface area contributed by atoms with Crippen molar-refractivity contribution in [2.24, 2.45) is 11.8 Å². The topological polar surface area (TPSA) is 17.1 Å². The van der Waals surface area contributed by atoms with Gasteiger partial charge in [-0.05, 0) is 42.0 Å². The van der Waals surface area contributed by atoms with E-state index in [1.165, 1.54) is 20.9 Å². The molecule has 0 N–H and O–H groups in total. The molecule has 0 unspecified atom stereocenters. The number of ketones is 1. The van der Waals surface area contributed by atoms with Crippen LogP contribution in [-0.2, 0) is 4.79 Å². The highest BCUT2D eigenvalue weighted by Crippen LogP contribution is 2.51. The number of hydrogen-bond donors (Lipinski definition) is 0. The lowest BCUT2D eigenvalue weighted by atomic mass is 9.70. The van der Waals surface area contributed by atoms with Gasteiger partial charge in [0.1, 0.15) is 5.78 Å². The van der Waals surface area contributed by atoms with E-state index in [2.05, 4.69) is 55.5 Å². The van der Waals surface area contributed by atoms with E-state index in [-0.39, 0.29) is 11.8 Å². The number of Topliss-reactive ketones (excluding diaryl/α,β-unsaturated/α-hetero) is 1. The van der Waals surface area contributed by atoms with Crippen LogP contribution in [0, 0.1) is 11.8 Å². The molecule has 0 spiro atoms. The summed E-state index contributed by atoms with van der Waals surface area (Å²) in [5.74, 6) is 1.49. The highest BCUT2D eigenvalue weighted by molar-refractivity contribution is 7.99. The summed E-state index contributed by atoms with van der Waals surface area (Å²) in [7, 11) is 0.